The highest BCUT2D eigenvalue weighted by molar-refractivity contribution is 9.11. The number of ether oxygens (including phenoxy) is 3. The first-order valence-corrected chi connectivity index (χ1v) is 17.4. The van der Waals surface area contributed by atoms with E-state index in [1.807, 2.05) is 62.4 Å². The lowest BCUT2D eigenvalue weighted by Gasteiger charge is -2.36. The maximum atomic E-state index is 15.0. The number of aliphatic hydroxyl groups is 1. The zero-order valence-corrected chi connectivity index (χ0v) is 29.4. The van der Waals surface area contributed by atoms with Crippen LogP contribution in [0.3, 0.4) is 0 Å². The number of carbonyl (C=O) groups is 4. The molecule has 49 heavy (non-hydrogen) atoms. The maximum absolute atomic E-state index is 15.0. The molecule has 2 fully saturated rings. The second kappa shape index (κ2) is 14.6. The van der Waals surface area contributed by atoms with Crippen molar-refractivity contribution < 1.29 is 38.5 Å². The molecule has 0 aromatic heterocycles. The normalized spacial score (nSPS) is 31.0. The molecule has 0 aliphatic carbocycles. The van der Waals surface area contributed by atoms with Crippen LogP contribution in [0.25, 0.3) is 0 Å². The van der Waals surface area contributed by atoms with Gasteiger partial charge in [0.25, 0.3) is 5.91 Å². The highest BCUT2D eigenvalue weighted by atomic mass is 79.9. The number of benzene rings is 2. The minimum absolute atomic E-state index is 0.0607. The zero-order valence-electron chi connectivity index (χ0n) is 27.8. The first-order chi connectivity index (χ1) is 23.6. The van der Waals surface area contributed by atoms with Crippen LogP contribution in [-0.2, 0) is 33.4 Å². The van der Waals surface area contributed by atoms with Gasteiger partial charge in [-0.3, -0.25) is 19.2 Å². The van der Waals surface area contributed by atoms with Crippen molar-refractivity contribution >= 4 is 45.3 Å². The van der Waals surface area contributed by atoms with Crippen LogP contribution in [0.4, 0.5) is 5.69 Å². The third kappa shape index (κ3) is 6.47. The Morgan fingerprint density at radius 3 is 2.55 bits per heavy atom. The molecule has 3 amide bonds. The summed E-state index contributed by atoms with van der Waals surface area (Å²) < 4.78 is 18.9. The van der Waals surface area contributed by atoms with E-state index in [1.165, 1.54) is 12.0 Å². The fourth-order valence-electron chi connectivity index (χ4n) is 7.62. The number of esters is 1. The van der Waals surface area contributed by atoms with Crippen molar-refractivity contribution in [2.45, 2.75) is 63.0 Å². The number of halogens is 1. The van der Waals surface area contributed by atoms with Crippen molar-refractivity contribution in [2.75, 3.05) is 38.3 Å². The maximum Gasteiger partial charge on any atom is 0.313 e. The molecule has 0 unspecified atom stereocenters. The van der Waals surface area contributed by atoms with E-state index in [9.17, 15) is 19.5 Å². The largest absolute Gasteiger partial charge is 0.455 e. The number of fused-ring (bicyclic) bond motifs is 2. The summed E-state index contributed by atoms with van der Waals surface area (Å²) in [5.41, 5.74) is 1.68. The number of rotatable bonds is 7. The molecule has 5 bridgehead atoms. The van der Waals surface area contributed by atoms with Gasteiger partial charge in [0.15, 0.2) is 0 Å². The van der Waals surface area contributed by atoms with Crippen LogP contribution in [0.2, 0.25) is 0 Å². The molecule has 1 spiro atoms. The lowest BCUT2D eigenvalue weighted by Crippen LogP contribution is -2.56. The predicted molar refractivity (Wildman–Crippen MR) is 185 cm³/mol. The monoisotopic (exact) mass is 735 g/mol. The number of nitrogens with zero attached hydrogens (tertiary/aromatic N) is 2. The molecule has 12 heteroatoms. The third-order valence-electron chi connectivity index (χ3n) is 9.83. The summed E-state index contributed by atoms with van der Waals surface area (Å²) in [7, 11) is 1.51. The molecule has 4 heterocycles. The summed E-state index contributed by atoms with van der Waals surface area (Å²) in [5, 5.41) is 12.8. The quantitative estimate of drug-likeness (QED) is 0.325. The van der Waals surface area contributed by atoms with Gasteiger partial charge in [0.1, 0.15) is 29.8 Å². The number of amides is 3. The lowest BCUT2D eigenvalue weighted by atomic mass is 9.74. The summed E-state index contributed by atoms with van der Waals surface area (Å²) in [6, 6.07) is 13.1. The number of nitrogens with one attached hydrogen (secondary N) is 1. The van der Waals surface area contributed by atoms with Crippen molar-refractivity contribution in [3.05, 3.63) is 87.9 Å². The zero-order chi connectivity index (χ0) is 34.9. The molecule has 2 aromatic carbocycles. The van der Waals surface area contributed by atoms with Crippen molar-refractivity contribution in [3.63, 3.8) is 0 Å². The van der Waals surface area contributed by atoms with E-state index < -0.39 is 53.6 Å². The SMILES string of the molecule is COC[C@@H]1NC(=O)CC/C=C\CN(c2cc(C)ccc2C)C(=O)[C@H]2N(CCCO)C(=O)[C@@H]3[C@@H](C(=O)O[C@H]1c1ccccc1)[C@@H]1O[C@@]32C=C1Br. The molecule has 6 rings (SSSR count). The van der Waals surface area contributed by atoms with Crippen molar-refractivity contribution in [1.82, 2.24) is 10.2 Å². The molecule has 4 aliphatic rings. The lowest BCUT2D eigenvalue weighted by molar-refractivity contribution is -0.162. The number of aryl methyl sites for hydroxylation is 2. The molecule has 11 nitrogen and oxygen atoms in total. The van der Waals surface area contributed by atoms with Crippen molar-refractivity contribution in [1.29, 1.82) is 0 Å². The Bertz CT molecular complexity index is 1660. The van der Waals surface area contributed by atoms with Gasteiger partial charge in [-0.1, -0.05) is 70.5 Å². The Balaban J connectivity index is 1.49. The summed E-state index contributed by atoms with van der Waals surface area (Å²) in [5.74, 6) is -3.87. The Morgan fingerprint density at radius 1 is 1.04 bits per heavy atom. The van der Waals surface area contributed by atoms with E-state index in [1.54, 1.807) is 23.1 Å². The molecular weight excluding hydrogens is 694 g/mol. The van der Waals surface area contributed by atoms with Gasteiger partial charge in [-0.05, 0) is 55.5 Å². The predicted octanol–water partition coefficient (Wildman–Crippen LogP) is 3.66. The van der Waals surface area contributed by atoms with E-state index in [2.05, 4.69) is 21.2 Å². The van der Waals surface area contributed by atoms with Crippen LogP contribution in [0, 0.1) is 25.7 Å². The van der Waals surface area contributed by atoms with Crippen LogP contribution in [0.15, 0.2) is 71.2 Å². The average Bonchev–Trinajstić information content (AvgIpc) is 3.68. The molecule has 0 radical (unpaired) electrons. The van der Waals surface area contributed by atoms with Gasteiger partial charge in [0, 0.05) is 43.4 Å². The minimum atomic E-state index is -1.47. The molecule has 2 N–H and O–H groups in total. The van der Waals surface area contributed by atoms with Gasteiger partial charge in [0.2, 0.25) is 11.8 Å². The number of hydrogen-bond acceptors (Lipinski definition) is 8. The number of anilines is 1. The summed E-state index contributed by atoms with van der Waals surface area (Å²) in [4.78, 5) is 60.3. The molecule has 2 aromatic rings. The van der Waals surface area contributed by atoms with E-state index in [0.717, 1.165) is 11.1 Å². The van der Waals surface area contributed by atoms with Crippen LogP contribution in [0.1, 0.15) is 42.1 Å². The minimum Gasteiger partial charge on any atom is -0.455 e. The molecule has 7 atom stereocenters. The first-order valence-electron chi connectivity index (χ1n) is 16.7. The van der Waals surface area contributed by atoms with Gasteiger partial charge in [0.05, 0.1) is 18.6 Å². The van der Waals surface area contributed by atoms with E-state index in [4.69, 9.17) is 14.2 Å². The van der Waals surface area contributed by atoms with Crippen molar-refractivity contribution in [2.24, 2.45) is 11.8 Å². The number of hydrogen-bond donors (Lipinski definition) is 2. The second-order valence-corrected chi connectivity index (χ2v) is 14.0. The number of carbonyl (C=O) groups excluding carboxylic acids is 4. The highest BCUT2D eigenvalue weighted by Crippen LogP contribution is 2.59. The highest BCUT2D eigenvalue weighted by Gasteiger charge is 2.75. The van der Waals surface area contributed by atoms with Gasteiger partial charge in [-0.15, -0.1) is 0 Å². The summed E-state index contributed by atoms with van der Waals surface area (Å²) in [6.07, 6.45) is 4.46. The van der Waals surface area contributed by atoms with Gasteiger partial charge in [-0.2, -0.15) is 0 Å². The van der Waals surface area contributed by atoms with Crippen LogP contribution < -0.4 is 10.2 Å². The third-order valence-corrected chi connectivity index (χ3v) is 10.5. The second-order valence-electron chi connectivity index (χ2n) is 13.1. The smallest absolute Gasteiger partial charge is 0.313 e. The number of methoxy groups -OCH3 is 1. The fraction of sp³-hybridized carbons (Fsp3) is 0.459. The Morgan fingerprint density at radius 2 is 1.82 bits per heavy atom. The Hall–Kier alpha value is -3.84. The van der Waals surface area contributed by atoms with Gasteiger partial charge in [-0.25, -0.2) is 0 Å². The Kier molecular flexibility index (Phi) is 10.4. The fourth-order valence-corrected chi connectivity index (χ4v) is 8.35. The number of cyclic esters (lactones) is 1. The number of likely N-dealkylation sites (tertiary alicyclic amines) is 1. The van der Waals surface area contributed by atoms with Gasteiger partial charge < -0.3 is 34.4 Å². The average molecular weight is 737 g/mol. The summed E-state index contributed by atoms with van der Waals surface area (Å²) >= 11 is 3.60. The topological polar surface area (TPSA) is 135 Å². The molecular formula is C37H42BrN3O8. The van der Waals surface area contributed by atoms with Crippen LogP contribution in [0.5, 0.6) is 0 Å². The molecule has 4 aliphatic heterocycles. The molecule has 2 saturated heterocycles. The standard InChI is InChI=1S/C37H42BrN3O8/c1-22-14-15-23(2)27(19-22)40-16-9-5-8-13-28(43)39-26(21-47-3)31(24-11-6-4-7-12-24)48-36(46)29-30-34(44)41(17-10-18-42)33(35(40)45)37(30)20-25(38)32(29)49-37/h4-7,9,11-12,14-15,19-20,26,29-33,42H,8,10,13,16-18,21H2,1-3H3,(H,39,43)/b9-5-/t26-,29+,30-,31-,32+,33+,37-/m0/s1. The van der Waals surface area contributed by atoms with E-state index in [-0.39, 0.29) is 51.0 Å². The Labute approximate surface area is 294 Å². The molecule has 0 saturated carbocycles. The van der Waals surface area contributed by atoms with Crippen LogP contribution >= 0.6 is 15.9 Å². The molecule has 260 valence electrons. The van der Waals surface area contributed by atoms with Crippen LogP contribution in [-0.4, -0.2) is 90.9 Å². The van der Waals surface area contributed by atoms with E-state index in [0.29, 0.717) is 22.2 Å². The van der Waals surface area contributed by atoms with Gasteiger partial charge >= 0.3 is 5.97 Å². The number of allylic oxidation sites excluding steroid dienone is 1. The first kappa shape index (κ1) is 35.0. The van der Waals surface area contributed by atoms with E-state index >= 15 is 4.79 Å². The van der Waals surface area contributed by atoms with Crippen molar-refractivity contribution in [3.8, 4) is 0 Å². The summed E-state index contributed by atoms with van der Waals surface area (Å²) in [6.45, 7) is 4.00. The number of aliphatic hydroxyl groups excluding tert-OH is 1.